The van der Waals surface area contributed by atoms with Crippen molar-refractivity contribution in [1.29, 1.82) is 0 Å². The summed E-state index contributed by atoms with van der Waals surface area (Å²) in [6.07, 6.45) is 0. The number of nitrogens with zero attached hydrogens (tertiary/aromatic N) is 1. The van der Waals surface area contributed by atoms with Crippen LogP contribution in [-0.2, 0) is 11.3 Å². The molecule has 6 aromatic rings. The molecule has 4 heteroatoms. The molecule has 0 amide bonds. The van der Waals surface area contributed by atoms with Crippen molar-refractivity contribution in [2.75, 3.05) is 13.9 Å². The molecule has 152 valence electrons. The Morgan fingerprint density at radius 2 is 1.55 bits per heavy atom. The van der Waals surface area contributed by atoms with Gasteiger partial charge in [0, 0.05) is 40.8 Å². The van der Waals surface area contributed by atoms with Crippen molar-refractivity contribution in [2.24, 2.45) is 0 Å². The molecule has 4 aromatic carbocycles. The van der Waals surface area contributed by atoms with Crippen molar-refractivity contribution < 1.29 is 9.47 Å². The molecule has 0 fully saturated rings. The van der Waals surface area contributed by atoms with E-state index in [0.717, 1.165) is 39.6 Å². The molecule has 0 saturated heterocycles. The van der Waals surface area contributed by atoms with Crippen LogP contribution < -0.4 is 4.74 Å². The van der Waals surface area contributed by atoms with E-state index >= 15 is 0 Å². The van der Waals surface area contributed by atoms with Gasteiger partial charge in [0.05, 0.1) is 16.4 Å². The first-order valence-corrected chi connectivity index (χ1v) is 10.4. The zero-order valence-electron chi connectivity index (χ0n) is 17.3. The summed E-state index contributed by atoms with van der Waals surface area (Å²) in [5, 5.41) is 4.65. The molecule has 0 radical (unpaired) electrons. The first-order chi connectivity index (χ1) is 15.3. The van der Waals surface area contributed by atoms with Gasteiger partial charge in [-0.3, -0.25) is 0 Å². The van der Waals surface area contributed by atoms with Crippen LogP contribution in [0.3, 0.4) is 0 Å². The smallest absolute Gasteiger partial charge is 0.188 e. The predicted molar refractivity (Wildman–Crippen MR) is 127 cm³/mol. The summed E-state index contributed by atoms with van der Waals surface area (Å²) >= 11 is 0. The maximum atomic E-state index is 6.12. The monoisotopic (exact) mass is 406 g/mol. The van der Waals surface area contributed by atoms with E-state index < -0.39 is 0 Å². The number of hydrogen-bond donors (Lipinski definition) is 1. The van der Waals surface area contributed by atoms with E-state index in [-0.39, 0.29) is 6.79 Å². The van der Waals surface area contributed by atoms with E-state index in [1.165, 1.54) is 21.9 Å². The van der Waals surface area contributed by atoms with Gasteiger partial charge in [-0.05, 0) is 23.8 Å². The summed E-state index contributed by atoms with van der Waals surface area (Å²) in [7, 11) is 1.65. The van der Waals surface area contributed by atoms with Crippen molar-refractivity contribution in [3.8, 4) is 5.75 Å². The molecule has 0 aliphatic heterocycles. The standard InChI is InChI=1S/C27H22N2O2/c1-30-17-31-24-15-21-19-11-5-7-13-22(19)28-26(21)27-25(24)20-12-6-8-14-23(20)29(27)16-18-9-3-2-4-10-18/h2-15,28H,16-17H2,1H3. The van der Waals surface area contributed by atoms with Gasteiger partial charge in [0.25, 0.3) is 0 Å². The highest BCUT2D eigenvalue weighted by Gasteiger charge is 2.20. The van der Waals surface area contributed by atoms with Crippen molar-refractivity contribution >= 4 is 43.6 Å². The van der Waals surface area contributed by atoms with Crippen LogP contribution >= 0.6 is 0 Å². The molecule has 0 bridgehead atoms. The molecule has 2 heterocycles. The van der Waals surface area contributed by atoms with Crippen LogP contribution in [-0.4, -0.2) is 23.5 Å². The maximum absolute atomic E-state index is 6.12. The lowest BCUT2D eigenvalue weighted by Gasteiger charge is -2.11. The van der Waals surface area contributed by atoms with Crippen LogP contribution in [0.2, 0.25) is 0 Å². The number of hydrogen-bond acceptors (Lipinski definition) is 2. The third-order valence-electron chi connectivity index (χ3n) is 5.99. The predicted octanol–water partition coefficient (Wildman–Crippen LogP) is 6.46. The summed E-state index contributed by atoms with van der Waals surface area (Å²) in [6, 6.07) is 29.7. The number of nitrogens with one attached hydrogen (secondary N) is 1. The van der Waals surface area contributed by atoms with Crippen LogP contribution in [0.25, 0.3) is 43.6 Å². The summed E-state index contributed by atoms with van der Waals surface area (Å²) in [6.45, 7) is 0.990. The van der Waals surface area contributed by atoms with Crippen LogP contribution in [0.1, 0.15) is 5.56 Å². The number of rotatable bonds is 5. The molecule has 2 aromatic heterocycles. The van der Waals surface area contributed by atoms with Gasteiger partial charge in [-0.25, -0.2) is 0 Å². The lowest BCUT2D eigenvalue weighted by molar-refractivity contribution is 0.0524. The largest absolute Gasteiger partial charge is 0.467 e. The fourth-order valence-electron chi connectivity index (χ4n) is 4.68. The Kier molecular flexibility index (Phi) is 4.18. The highest BCUT2D eigenvalue weighted by atomic mass is 16.7. The lowest BCUT2D eigenvalue weighted by atomic mass is 10.1. The second-order valence-electron chi connectivity index (χ2n) is 7.83. The minimum absolute atomic E-state index is 0.209. The number of para-hydroxylation sites is 2. The molecule has 4 nitrogen and oxygen atoms in total. The van der Waals surface area contributed by atoms with Gasteiger partial charge in [0.2, 0.25) is 0 Å². The third kappa shape index (κ3) is 2.80. The number of aromatic nitrogens is 2. The van der Waals surface area contributed by atoms with Gasteiger partial charge in [-0.1, -0.05) is 66.7 Å². The summed E-state index contributed by atoms with van der Waals surface area (Å²) < 4.78 is 13.8. The average Bonchev–Trinajstić information content (AvgIpc) is 3.35. The average molecular weight is 406 g/mol. The highest BCUT2D eigenvalue weighted by Crippen LogP contribution is 2.42. The first-order valence-electron chi connectivity index (χ1n) is 10.4. The van der Waals surface area contributed by atoms with Crippen LogP contribution in [0.15, 0.2) is 84.9 Å². The normalized spacial score (nSPS) is 11.8. The van der Waals surface area contributed by atoms with Gasteiger partial charge < -0.3 is 19.0 Å². The number of methoxy groups -OCH3 is 1. The Morgan fingerprint density at radius 3 is 2.39 bits per heavy atom. The van der Waals surface area contributed by atoms with Crippen LogP contribution in [0, 0.1) is 0 Å². The zero-order valence-corrected chi connectivity index (χ0v) is 17.3. The summed E-state index contributed by atoms with van der Waals surface area (Å²) in [4.78, 5) is 3.68. The SMILES string of the molecule is COCOc1cc2c3ccccc3[nH]c2c2c1c1ccccc1n2Cc1ccccc1. The number of H-pyrrole nitrogens is 1. The van der Waals surface area contributed by atoms with Crippen molar-refractivity contribution in [3.05, 3.63) is 90.5 Å². The van der Waals surface area contributed by atoms with Gasteiger partial charge in [-0.2, -0.15) is 0 Å². The molecule has 0 unspecified atom stereocenters. The Labute approximate surface area is 179 Å². The van der Waals surface area contributed by atoms with Gasteiger partial charge in [0.1, 0.15) is 5.75 Å². The molecule has 6 rings (SSSR count). The second kappa shape index (κ2) is 7.18. The molecule has 0 atom stereocenters. The fraction of sp³-hybridized carbons (Fsp3) is 0.111. The highest BCUT2D eigenvalue weighted by molar-refractivity contribution is 6.24. The first kappa shape index (κ1) is 18.0. The summed E-state index contributed by atoms with van der Waals surface area (Å²) in [5.74, 6) is 0.845. The lowest BCUT2D eigenvalue weighted by Crippen LogP contribution is -2.01. The summed E-state index contributed by atoms with van der Waals surface area (Å²) in [5.41, 5.74) is 5.87. The molecule has 1 N–H and O–H groups in total. The third-order valence-corrected chi connectivity index (χ3v) is 5.99. The molecular formula is C27H22N2O2. The van der Waals surface area contributed by atoms with E-state index in [1.807, 2.05) is 0 Å². The van der Waals surface area contributed by atoms with E-state index in [9.17, 15) is 0 Å². The molecule has 0 spiro atoms. The maximum Gasteiger partial charge on any atom is 0.188 e. The molecule has 0 saturated carbocycles. The second-order valence-corrected chi connectivity index (χ2v) is 7.83. The van der Waals surface area contributed by atoms with Crippen LogP contribution in [0.4, 0.5) is 0 Å². The minimum Gasteiger partial charge on any atom is -0.467 e. The van der Waals surface area contributed by atoms with Gasteiger partial charge >= 0.3 is 0 Å². The zero-order chi connectivity index (χ0) is 20.8. The molecular weight excluding hydrogens is 384 g/mol. The number of aromatic amines is 1. The van der Waals surface area contributed by atoms with E-state index in [2.05, 4.69) is 94.5 Å². The van der Waals surface area contributed by atoms with Crippen molar-refractivity contribution in [2.45, 2.75) is 6.54 Å². The van der Waals surface area contributed by atoms with Crippen LogP contribution in [0.5, 0.6) is 5.75 Å². The van der Waals surface area contributed by atoms with Gasteiger partial charge in [-0.15, -0.1) is 0 Å². The molecule has 31 heavy (non-hydrogen) atoms. The Bertz CT molecular complexity index is 1540. The van der Waals surface area contributed by atoms with Gasteiger partial charge in [0.15, 0.2) is 6.79 Å². The van der Waals surface area contributed by atoms with E-state index in [0.29, 0.717) is 0 Å². The minimum atomic E-state index is 0.209. The molecule has 0 aliphatic carbocycles. The Morgan fingerprint density at radius 1 is 0.806 bits per heavy atom. The van der Waals surface area contributed by atoms with Crippen molar-refractivity contribution in [3.63, 3.8) is 0 Å². The Balaban J connectivity index is 1.78. The number of ether oxygens (including phenoxy) is 2. The molecule has 0 aliphatic rings. The fourth-order valence-corrected chi connectivity index (χ4v) is 4.68. The van der Waals surface area contributed by atoms with E-state index in [1.54, 1.807) is 7.11 Å². The topological polar surface area (TPSA) is 39.2 Å². The number of fused-ring (bicyclic) bond motifs is 7. The number of benzene rings is 4. The van der Waals surface area contributed by atoms with E-state index in [4.69, 9.17) is 9.47 Å². The Hall–Kier alpha value is -3.76. The van der Waals surface area contributed by atoms with Crippen molar-refractivity contribution in [1.82, 2.24) is 9.55 Å². The quantitative estimate of drug-likeness (QED) is 0.334.